The smallest absolute Gasteiger partial charge is 0.0938 e. The zero-order valence-corrected chi connectivity index (χ0v) is 8.42. The summed E-state index contributed by atoms with van der Waals surface area (Å²) in [6, 6.07) is 1.81. The van der Waals surface area contributed by atoms with Crippen LogP contribution in [0.25, 0.3) is 10.4 Å². The number of rotatable bonds is 3. The van der Waals surface area contributed by atoms with Gasteiger partial charge in [-0.15, -0.1) is 11.3 Å². The lowest BCUT2D eigenvalue weighted by Gasteiger charge is -2.01. The van der Waals surface area contributed by atoms with Gasteiger partial charge in [0.05, 0.1) is 12.6 Å². The van der Waals surface area contributed by atoms with E-state index in [1.54, 1.807) is 0 Å². The number of aliphatic hydroxyl groups excluding tert-OH is 1. The molecule has 0 saturated carbocycles. The van der Waals surface area contributed by atoms with Crippen LogP contribution in [0.3, 0.4) is 0 Å². The van der Waals surface area contributed by atoms with Crippen molar-refractivity contribution in [3.05, 3.63) is 31.2 Å². The number of aliphatic hydroxyl groups is 1. The molecule has 0 radical (unpaired) electrons. The van der Waals surface area contributed by atoms with Crippen molar-refractivity contribution >= 4 is 27.3 Å². The average molecular weight is 248 g/mol. The fourth-order valence-corrected chi connectivity index (χ4v) is 2.13. The Labute approximate surface area is 81.6 Å². The Bertz CT molecular complexity index is 307. The first-order chi connectivity index (χ1) is 5.74. The first-order valence-corrected chi connectivity index (χ1v) is 4.84. The van der Waals surface area contributed by atoms with Gasteiger partial charge in [-0.05, 0) is 27.5 Å². The number of hydrogen-bond acceptors (Lipinski definition) is 3. The molecule has 0 aliphatic carbocycles. The van der Waals surface area contributed by atoms with E-state index in [0.29, 0.717) is 0 Å². The van der Waals surface area contributed by atoms with Crippen molar-refractivity contribution in [2.45, 2.75) is 6.10 Å². The minimum absolute atomic E-state index is 0.0868. The lowest BCUT2D eigenvalue weighted by Crippen LogP contribution is -1.97. The molecule has 0 aliphatic heterocycles. The van der Waals surface area contributed by atoms with E-state index in [1.165, 1.54) is 11.3 Å². The van der Waals surface area contributed by atoms with E-state index in [0.717, 1.165) is 9.35 Å². The minimum Gasteiger partial charge on any atom is -0.387 e. The van der Waals surface area contributed by atoms with Gasteiger partial charge in [-0.2, -0.15) is 0 Å². The molecule has 0 unspecified atom stereocenters. The van der Waals surface area contributed by atoms with Crippen molar-refractivity contribution in [1.82, 2.24) is 0 Å². The summed E-state index contributed by atoms with van der Waals surface area (Å²) in [5.41, 5.74) is 8.01. The molecule has 12 heavy (non-hydrogen) atoms. The summed E-state index contributed by atoms with van der Waals surface area (Å²) in [5.74, 6) is 0. The molecule has 1 aromatic heterocycles. The van der Waals surface area contributed by atoms with Crippen LogP contribution < -0.4 is 0 Å². The van der Waals surface area contributed by atoms with Crippen LogP contribution in [0.15, 0.2) is 21.0 Å². The van der Waals surface area contributed by atoms with Crippen molar-refractivity contribution in [3.8, 4) is 0 Å². The second-order valence-corrected chi connectivity index (χ2v) is 3.96. The van der Waals surface area contributed by atoms with E-state index in [1.807, 2.05) is 11.4 Å². The average Bonchev–Trinajstić information content (AvgIpc) is 2.47. The molecule has 0 aromatic carbocycles. The van der Waals surface area contributed by atoms with Crippen LogP contribution in [-0.2, 0) is 0 Å². The molecule has 4 nitrogen and oxygen atoms in total. The maximum Gasteiger partial charge on any atom is 0.0938 e. The number of nitrogens with zero attached hydrogens (tertiary/aromatic N) is 3. The van der Waals surface area contributed by atoms with Crippen molar-refractivity contribution in [3.63, 3.8) is 0 Å². The molecule has 1 N–H and O–H groups in total. The van der Waals surface area contributed by atoms with Crippen LogP contribution >= 0.6 is 27.3 Å². The van der Waals surface area contributed by atoms with E-state index in [-0.39, 0.29) is 6.54 Å². The highest BCUT2D eigenvalue weighted by Gasteiger charge is 2.07. The Hall–Kier alpha value is -0.550. The quantitative estimate of drug-likeness (QED) is 0.498. The highest BCUT2D eigenvalue weighted by atomic mass is 79.9. The van der Waals surface area contributed by atoms with Gasteiger partial charge < -0.3 is 5.11 Å². The molecule has 64 valence electrons. The molecule has 1 rings (SSSR count). The summed E-state index contributed by atoms with van der Waals surface area (Å²) in [5, 5.41) is 14.5. The Balaban J connectivity index is 2.64. The van der Waals surface area contributed by atoms with Gasteiger partial charge in [0.15, 0.2) is 0 Å². The summed E-state index contributed by atoms with van der Waals surface area (Å²) in [4.78, 5) is 3.37. The van der Waals surface area contributed by atoms with Crippen LogP contribution in [0, 0.1) is 0 Å². The normalized spacial score (nSPS) is 12.2. The summed E-state index contributed by atoms with van der Waals surface area (Å²) in [7, 11) is 0. The highest BCUT2D eigenvalue weighted by Crippen LogP contribution is 2.25. The molecule has 1 atom stereocenters. The first-order valence-electron chi connectivity index (χ1n) is 3.17. The van der Waals surface area contributed by atoms with Crippen LogP contribution in [0.2, 0.25) is 0 Å². The second kappa shape index (κ2) is 4.47. The van der Waals surface area contributed by atoms with Crippen molar-refractivity contribution in [1.29, 1.82) is 0 Å². The maximum absolute atomic E-state index is 9.39. The van der Waals surface area contributed by atoms with E-state index < -0.39 is 6.10 Å². The van der Waals surface area contributed by atoms with Gasteiger partial charge in [-0.3, -0.25) is 0 Å². The Morgan fingerprint density at radius 1 is 1.83 bits per heavy atom. The number of thiophene rings is 1. The third kappa shape index (κ3) is 2.49. The number of azide groups is 1. The molecular weight excluding hydrogens is 242 g/mol. The van der Waals surface area contributed by atoms with Crippen LogP contribution in [0.5, 0.6) is 0 Å². The van der Waals surface area contributed by atoms with Crippen molar-refractivity contribution in [2.24, 2.45) is 5.11 Å². The molecule has 1 aromatic rings. The second-order valence-electron chi connectivity index (χ2n) is 2.10. The minimum atomic E-state index is -0.683. The van der Waals surface area contributed by atoms with E-state index in [2.05, 4.69) is 26.0 Å². The lowest BCUT2D eigenvalue weighted by molar-refractivity contribution is 0.190. The van der Waals surface area contributed by atoms with E-state index in [4.69, 9.17) is 5.53 Å². The van der Waals surface area contributed by atoms with Gasteiger partial charge in [0.2, 0.25) is 0 Å². The first kappa shape index (κ1) is 9.54. The maximum atomic E-state index is 9.39. The van der Waals surface area contributed by atoms with Gasteiger partial charge in [-0.1, -0.05) is 5.11 Å². The largest absolute Gasteiger partial charge is 0.387 e. The Morgan fingerprint density at radius 2 is 2.58 bits per heavy atom. The van der Waals surface area contributed by atoms with Crippen LogP contribution in [0.1, 0.15) is 11.0 Å². The standard InChI is InChI=1S/C6H6BrN3OS/c7-4-1-6(12-3-4)5(11)2-9-10-8/h1,3,5,11H,2H2/t5-/m0/s1. The van der Waals surface area contributed by atoms with Crippen LogP contribution in [0.4, 0.5) is 0 Å². The summed E-state index contributed by atoms with van der Waals surface area (Å²) in [6.07, 6.45) is -0.683. The topological polar surface area (TPSA) is 69.0 Å². The Morgan fingerprint density at radius 3 is 3.08 bits per heavy atom. The fraction of sp³-hybridized carbons (Fsp3) is 0.333. The molecule has 0 bridgehead atoms. The zero-order valence-electron chi connectivity index (χ0n) is 6.01. The molecule has 0 spiro atoms. The van der Waals surface area contributed by atoms with E-state index in [9.17, 15) is 5.11 Å². The summed E-state index contributed by atoms with van der Waals surface area (Å²) < 4.78 is 0.933. The monoisotopic (exact) mass is 247 g/mol. The summed E-state index contributed by atoms with van der Waals surface area (Å²) >= 11 is 4.69. The summed E-state index contributed by atoms with van der Waals surface area (Å²) in [6.45, 7) is 0.0868. The predicted molar refractivity (Wildman–Crippen MR) is 51.0 cm³/mol. The fourth-order valence-electron chi connectivity index (χ4n) is 0.707. The molecule has 0 fully saturated rings. The van der Waals surface area contributed by atoms with Crippen molar-refractivity contribution < 1.29 is 5.11 Å². The third-order valence-electron chi connectivity index (χ3n) is 1.23. The number of halogens is 1. The highest BCUT2D eigenvalue weighted by molar-refractivity contribution is 9.10. The SMILES string of the molecule is [N-]=[N+]=NC[C@H](O)c1cc(Br)cs1. The Kier molecular flexibility index (Phi) is 3.55. The van der Waals surface area contributed by atoms with Crippen LogP contribution in [-0.4, -0.2) is 11.7 Å². The molecular formula is C6H6BrN3OS. The van der Waals surface area contributed by atoms with Gasteiger partial charge >= 0.3 is 0 Å². The van der Waals surface area contributed by atoms with Gasteiger partial charge in [0, 0.05) is 19.6 Å². The molecule has 0 amide bonds. The molecule has 0 aliphatic rings. The number of hydrogen-bond donors (Lipinski definition) is 1. The van der Waals surface area contributed by atoms with Gasteiger partial charge in [0.25, 0.3) is 0 Å². The van der Waals surface area contributed by atoms with Gasteiger partial charge in [-0.25, -0.2) is 0 Å². The van der Waals surface area contributed by atoms with Crippen molar-refractivity contribution in [2.75, 3.05) is 6.54 Å². The predicted octanol–water partition coefficient (Wildman–Crippen LogP) is 2.85. The lowest BCUT2D eigenvalue weighted by atomic mass is 10.3. The molecule has 1 heterocycles. The van der Waals surface area contributed by atoms with E-state index >= 15 is 0 Å². The zero-order chi connectivity index (χ0) is 8.97. The van der Waals surface area contributed by atoms with Gasteiger partial charge in [0.1, 0.15) is 0 Å². The third-order valence-corrected chi connectivity index (χ3v) is 3.03. The molecule has 6 heteroatoms. The molecule has 0 saturated heterocycles.